The van der Waals surface area contributed by atoms with E-state index in [9.17, 15) is 9.18 Å². The van der Waals surface area contributed by atoms with Gasteiger partial charge in [-0.25, -0.2) is 9.37 Å². The third-order valence-electron chi connectivity index (χ3n) is 2.82. The molecule has 0 radical (unpaired) electrons. The number of carbonyl (C=O) groups is 1. The fraction of sp³-hybridized carbons (Fsp3) is 0.0667. The third-order valence-corrected chi connectivity index (χ3v) is 3.76. The first-order chi connectivity index (χ1) is 9.72. The van der Waals surface area contributed by atoms with Crippen LogP contribution in [0, 0.1) is 5.82 Å². The molecule has 0 aliphatic heterocycles. The van der Waals surface area contributed by atoms with Crippen LogP contribution in [0.25, 0.3) is 10.2 Å². The molecule has 2 aromatic carbocycles. The van der Waals surface area contributed by atoms with Gasteiger partial charge in [-0.05, 0) is 17.7 Å². The summed E-state index contributed by atoms with van der Waals surface area (Å²) in [5.41, 5.74) is 1.23. The van der Waals surface area contributed by atoms with Crippen molar-refractivity contribution in [3.8, 4) is 0 Å². The lowest BCUT2D eigenvalue weighted by molar-refractivity contribution is -0.115. The van der Waals surface area contributed by atoms with Crippen LogP contribution in [0.3, 0.4) is 0 Å². The fourth-order valence-electron chi connectivity index (χ4n) is 1.91. The van der Waals surface area contributed by atoms with Crippen LogP contribution in [0.5, 0.6) is 0 Å². The molecule has 1 heterocycles. The summed E-state index contributed by atoms with van der Waals surface area (Å²) < 4.78 is 14.2. The number of fused-ring (bicyclic) bond motifs is 1. The van der Waals surface area contributed by atoms with Crippen molar-refractivity contribution in [2.75, 3.05) is 5.32 Å². The van der Waals surface area contributed by atoms with Gasteiger partial charge < -0.3 is 5.32 Å². The number of hydrogen-bond donors (Lipinski definition) is 1. The van der Waals surface area contributed by atoms with Gasteiger partial charge in [0.05, 0.1) is 11.1 Å². The van der Waals surface area contributed by atoms with Gasteiger partial charge in [0.2, 0.25) is 5.91 Å². The Morgan fingerprint density at radius 3 is 2.70 bits per heavy atom. The summed E-state index contributed by atoms with van der Waals surface area (Å²) in [7, 11) is 0. The Morgan fingerprint density at radius 1 is 1.15 bits per heavy atom. The highest BCUT2D eigenvalue weighted by atomic mass is 32.1. The van der Waals surface area contributed by atoms with Crippen molar-refractivity contribution in [1.29, 1.82) is 0 Å². The first-order valence-corrected chi connectivity index (χ1v) is 6.93. The molecule has 3 rings (SSSR count). The van der Waals surface area contributed by atoms with Crippen LogP contribution in [-0.4, -0.2) is 10.9 Å². The Hall–Kier alpha value is -2.27. The van der Waals surface area contributed by atoms with E-state index in [-0.39, 0.29) is 18.1 Å². The van der Waals surface area contributed by atoms with Crippen LogP contribution in [0.1, 0.15) is 5.56 Å². The molecule has 0 aliphatic carbocycles. The van der Waals surface area contributed by atoms with Crippen molar-refractivity contribution in [3.63, 3.8) is 0 Å². The molecule has 1 amide bonds. The van der Waals surface area contributed by atoms with E-state index in [2.05, 4.69) is 10.3 Å². The molecule has 5 heteroatoms. The second-order valence-electron chi connectivity index (χ2n) is 4.32. The molecule has 0 bridgehead atoms. The Kier molecular flexibility index (Phi) is 3.43. The highest BCUT2D eigenvalue weighted by molar-refractivity contribution is 7.22. The molecule has 0 saturated heterocycles. The number of anilines is 1. The van der Waals surface area contributed by atoms with Crippen molar-refractivity contribution in [2.24, 2.45) is 0 Å². The van der Waals surface area contributed by atoms with E-state index in [1.807, 2.05) is 30.3 Å². The normalized spacial score (nSPS) is 10.7. The molecule has 0 spiro atoms. The van der Waals surface area contributed by atoms with E-state index < -0.39 is 0 Å². The van der Waals surface area contributed by atoms with Gasteiger partial charge in [0.15, 0.2) is 5.13 Å². The quantitative estimate of drug-likeness (QED) is 0.799. The number of carbonyl (C=O) groups excluding carboxylic acids is 1. The molecule has 3 nitrogen and oxygen atoms in total. The van der Waals surface area contributed by atoms with Gasteiger partial charge in [-0.1, -0.05) is 47.7 Å². The van der Waals surface area contributed by atoms with Crippen molar-refractivity contribution >= 4 is 32.6 Å². The molecule has 0 aliphatic rings. The Balaban J connectivity index is 1.76. The van der Waals surface area contributed by atoms with Gasteiger partial charge in [-0.2, -0.15) is 0 Å². The number of thiazole rings is 1. The summed E-state index contributed by atoms with van der Waals surface area (Å²) in [6, 6.07) is 14.2. The maximum atomic E-state index is 13.5. The standard InChI is InChI=1S/C15H11FN2OS/c16-11-7-4-8-12-14(11)18-15(20-12)17-13(19)9-10-5-2-1-3-6-10/h1-8H,9H2,(H,17,18,19). The average Bonchev–Trinajstić information content (AvgIpc) is 2.83. The first kappa shape index (κ1) is 12.7. The van der Waals surface area contributed by atoms with Crippen LogP contribution in [0.4, 0.5) is 9.52 Å². The van der Waals surface area contributed by atoms with Crippen LogP contribution in [0.2, 0.25) is 0 Å². The highest BCUT2D eigenvalue weighted by Crippen LogP contribution is 2.27. The number of para-hydroxylation sites is 1. The average molecular weight is 286 g/mol. The van der Waals surface area contributed by atoms with Gasteiger partial charge in [0, 0.05) is 0 Å². The Morgan fingerprint density at radius 2 is 1.95 bits per heavy atom. The number of amides is 1. The molecule has 0 atom stereocenters. The number of rotatable bonds is 3. The van der Waals surface area contributed by atoms with Gasteiger partial charge in [-0.15, -0.1) is 0 Å². The van der Waals surface area contributed by atoms with Crippen molar-refractivity contribution in [1.82, 2.24) is 4.98 Å². The van der Waals surface area contributed by atoms with Gasteiger partial charge >= 0.3 is 0 Å². The number of halogens is 1. The number of benzene rings is 2. The van der Waals surface area contributed by atoms with E-state index in [1.165, 1.54) is 17.4 Å². The maximum Gasteiger partial charge on any atom is 0.230 e. The molecular formula is C15H11FN2OS. The van der Waals surface area contributed by atoms with E-state index in [0.29, 0.717) is 10.6 Å². The minimum atomic E-state index is -0.373. The minimum Gasteiger partial charge on any atom is -0.302 e. The molecular weight excluding hydrogens is 275 g/mol. The minimum absolute atomic E-state index is 0.157. The Bertz CT molecular complexity index is 755. The molecule has 3 aromatic rings. The van der Waals surface area contributed by atoms with Crippen molar-refractivity contribution < 1.29 is 9.18 Å². The second kappa shape index (κ2) is 5.38. The molecule has 0 saturated carbocycles. The zero-order chi connectivity index (χ0) is 13.9. The third kappa shape index (κ3) is 2.67. The molecule has 0 fully saturated rings. The van der Waals surface area contributed by atoms with Gasteiger partial charge in [0.25, 0.3) is 0 Å². The van der Waals surface area contributed by atoms with E-state index in [4.69, 9.17) is 0 Å². The zero-order valence-corrected chi connectivity index (χ0v) is 11.3. The summed E-state index contributed by atoms with van der Waals surface area (Å²) in [5, 5.41) is 3.13. The van der Waals surface area contributed by atoms with Crippen molar-refractivity contribution in [3.05, 3.63) is 59.9 Å². The smallest absolute Gasteiger partial charge is 0.230 e. The second-order valence-corrected chi connectivity index (χ2v) is 5.35. The summed E-state index contributed by atoms with van der Waals surface area (Å²) >= 11 is 1.27. The van der Waals surface area contributed by atoms with Crippen LogP contribution in [0.15, 0.2) is 48.5 Å². The van der Waals surface area contributed by atoms with Crippen molar-refractivity contribution in [2.45, 2.75) is 6.42 Å². The lowest BCUT2D eigenvalue weighted by Gasteiger charge is -2.01. The Labute approximate surface area is 119 Å². The largest absolute Gasteiger partial charge is 0.302 e. The van der Waals surface area contributed by atoms with Crippen LogP contribution >= 0.6 is 11.3 Å². The maximum absolute atomic E-state index is 13.5. The SMILES string of the molecule is O=C(Cc1ccccc1)Nc1nc2c(F)cccc2s1. The lowest BCUT2D eigenvalue weighted by atomic mass is 10.1. The molecule has 20 heavy (non-hydrogen) atoms. The van der Waals surface area contributed by atoms with Gasteiger partial charge in [0.1, 0.15) is 11.3 Å². The molecule has 100 valence electrons. The summed E-state index contributed by atoms with van der Waals surface area (Å²) in [4.78, 5) is 16.0. The number of aromatic nitrogens is 1. The topological polar surface area (TPSA) is 42.0 Å². The molecule has 0 unspecified atom stereocenters. The van der Waals surface area contributed by atoms with Gasteiger partial charge in [-0.3, -0.25) is 4.79 Å². The first-order valence-electron chi connectivity index (χ1n) is 6.11. The van der Waals surface area contributed by atoms with Crippen LogP contribution < -0.4 is 5.32 Å². The summed E-state index contributed by atoms with van der Waals surface area (Å²) in [6.07, 6.45) is 0.277. The predicted octanol–water partition coefficient (Wildman–Crippen LogP) is 3.62. The number of nitrogens with one attached hydrogen (secondary N) is 1. The van der Waals surface area contributed by atoms with E-state index >= 15 is 0 Å². The van der Waals surface area contributed by atoms with E-state index in [0.717, 1.165) is 10.3 Å². The van der Waals surface area contributed by atoms with Crippen LogP contribution in [-0.2, 0) is 11.2 Å². The van der Waals surface area contributed by atoms with E-state index in [1.54, 1.807) is 12.1 Å². The predicted molar refractivity (Wildman–Crippen MR) is 78.4 cm³/mol. The monoisotopic (exact) mass is 286 g/mol. The molecule has 1 aromatic heterocycles. The lowest BCUT2D eigenvalue weighted by Crippen LogP contribution is -2.14. The number of nitrogens with zero attached hydrogens (tertiary/aromatic N) is 1. The fourth-order valence-corrected chi connectivity index (χ4v) is 2.81. The zero-order valence-electron chi connectivity index (χ0n) is 10.5. The molecule has 1 N–H and O–H groups in total. The highest BCUT2D eigenvalue weighted by Gasteiger charge is 2.10. The summed E-state index contributed by atoms with van der Waals surface area (Å²) in [6.45, 7) is 0. The summed E-state index contributed by atoms with van der Waals surface area (Å²) in [5.74, 6) is -0.530. The number of hydrogen-bond acceptors (Lipinski definition) is 3.